The summed E-state index contributed by atoms with van der Waals surface area (Å²) in [6, 6.07) is 5.18. The number of carbonyl (C=O) groups excluding carboxylic acids is 1. The van der Waals surface area contributed by atoms with Gasteiger partial charge in [-0.3, -0.25) is 9.59 Å². The number of anilines is 1. The molecule has 1 aromatic rings. The number of hydrogen-bond acceptors (Lipinski definition) is 4. The summed E-state index contributed by atoms with van der Waals surface area (Å²) < 4.78 is 0. The minimum absolute atomic E-state index is 0.202. The van der Waals surface area contributed by atoms with E-state index in [9.17, 15) is 9.59 Å². The number of pyridine rings is 1. The molecule has 2 rings (SSSR count). The van der Waals surface area contributed by atoms with E-state index in [0.29, 0.717) is 12.3 Å². The van der Waals surface area contributed by atoms with Gasteiger partial charge in [-0.1, -0.05) is 6.07 Å². The summed E-state index contributed by atoms with van der Waals surface area (Å²) in [5, 5.41) is 8.68. The van der Waals surface area contributed by atoms with Gasteiger partial charge < -0.3 is 15.7 Å². The van der Waals surface area contributed by atoms with E-state index in [2.05, 4.69) is 9.88 Å². The zero-order valence-corrected chi connectivity index (χ0v) is 10.6. The van der Waals surface area contributed by atoms with Gasteiger partial charge in [-0.25, -0.2) is 4.98 Å². The van der Waals surface area contributed by atoms with Crippen LogP contribution >= 0.6 is 0 Å². The molecular formula is C13H17N3O3. The number of carbonyl (C=O) groups is 2. The molecule has 1 saturated heterocycles. The summed E-state index contributed by atoms with van der Waals surface area (Å²) in [6.07, 6.45) is 1.84. The van der Waals surface area contributed by atoms with Crippen molar-refractivity contribution in [3.05, 3.63) is 23.9 Å². The first-order valence-corrected chi connectivity index (χ1v) is 6.30. The van der Waals surface area contributed by atoms with Gasteiger partial charge in [-0.05, 0) is 30.9 Å². The zero-order valence-electron chi connectivity index (χ0n) is 10.6. The van der Waals surface area contributed by atoms with E-state index in [4.69, 9.17) is 10.8 Å². The maximum Gasteiger partial charge on any atom is 0.303 e. The molecule has 1 unspecified atom stereocenters. The fourth-order valence-electron chi connectivity index (χ4n) is 2.34. The molecule has 1 aliphatic heterocycles. The Morgan fingerprint density at radius 1 is 1.47 bits per heavy atom. The molecule has 1 aliphatic rings. The van der Waals surface area contributed by atoms with Crippen LogP contribution in [0.1, 0.15) is 29.8 Å². The number of amides is 1. The normalized spacial score (nSPS) is 18.5. The molecule has 6 heteroatoms. The van der Waals surface area contributed by atoms with Crippen LogP contribution in [0.3, 0.4) is 0 Å². The third-order valence-corrected chi connectivity index (χ3v) is 3.36. The first kappa shape index (κ1) is 13.3. The van der Waals surface area contributed by atoms with Crippen molar-refractivity contribution in [2.24, 2.45) is 11.7 Å². The Kier molecular flexibility index (Phi) is 3.99. The monoisotopic (exact) mass is 263 g/mol. The fourth-order valence-corrected chi connectivity index (χ4v) is 2.34. The predicted molar refractivity (Wildman–Crippen MR) is 69.9 cm³/mol. The third-order valence-electron chi connectivity index (χ3n) is 3.36. The first-order valence-electron chi connectivity index (χ1n) is 6.30. The molecule has 0 aromatic carbocycles. The molecule has 3 N–H and O–H groups in total. The molecule has 6 nitrogen and oxygen atoms in total. The number of nitrogens with zero attached hydrogens (tertiary/aromatic N) is 2. The Labute approximate surface area is 111 Å². The summed E-state index contributed by atoms with van der Waals surface area (Å²) >= 11 is 0. The standard InChI is InChI=1S/C13H17N3O3/c14-13(19)10-2-1-3-11(15-10)16-7-6-9(8-16)4-5-12(17)18/h1-3,9H,4-8H2,(H2,14,19)(H,17,18). The van der Waals surface area contributed by atoms with E-state index >= 15 is 0 Å². The van der Waals surface area contributed by atoms with Crippen LogP contribution in [0.4, 0.5) is 5.82 Å². The van der Waals surface area contributed by atoms with Crippen LogP contribution in [0.2, 0.25) is 0 Å². The van der Waals surface area contributed by atoms with Gasteiger partial charge in [0.05, 0.1) is 0 Å². The van der Waals surface area contributed by atoms with Crippen LogP contribution in [0, 0.1) is 5.92 Å². The van der Waals surface area contributed by atoms with Gasteiger partial charge in [0.2, 0.25) is 0 Å². The summed E-state index contributed by atoms with van der Waals surface area (Å²) in [6.45, 7) is 1.61. The molecule has 1 aromatic heterocycles. The number of aromatic nitrogens is 1. The van der Waals surface area contributed by atoms with Crippen LogP contribution in [-0.4, -0.2) is 35.1 Å². The topological polar surface area (TPSA) is 96.5 Å². The Balaban J connectivity index is 1.98. The number of rotatable bonds is 5. The van der Waals surface area contributed by atoms with Crippen molar-refractivity contribution in [2.45, 2.75) is 19.3 Å². The van der Waals surface area contributed by atoms with Crippen molar-refractivity contribution in [3.63, 3.8) is 0 Å². The molecular weight excluding hydrogens is 246 g/mol. The second-order valence-corrected chi connectivity index (χ2v) is 4.78. The van der Waals surface area contributed by atoms with Crippen molar-refractivity contribution < 1.29 is 14.7 Å². The van der Waals surface area contributed by atoms with E-state index in [1.807, 2.05) is 6.07 Å². The molecule has 0 aliphatic carbocycles. The summed E-state index contributed by atoms with van der Waals surface area (Å²) in [5.41, 5.74) is 5.46. The molecule has 2 heterocycles. The summed E-state index contributed by atoms with van der Waals surface area (Å²) in [5.74, 6) is -0.194. The molecule has 0 saturated carbocycles. The average Bonchev–Trinajstić information content (AvgIpc) is 2.85. The minimum Gasteiger partial charge on any atom is -0.481 e. The zero-order chi connectivity index (χ0) is 13.8. The molecule has 1 atom stereocenters. The Morgan fingerprint density at radius 2 is 2.26 bits per heavy atom. The minimum atomic E-state index is -0.757. The van der Waals surface area contributed by atoms with E-state index < -0.39 is 11.9 Å². The number of nitrogens with two attached hydrogens (primary N) is 1. The number of carboxylic acid groups (broad SMARTS) is 1. The average molecular weight is 263 g/mol. The van der Waals surface area contributed by atoms with Gasteiger partial charge in [-0.2, -0.15) is 0 Å². The third kappa shape index (κ3) is 3.43. The van der Waals surface area contributed by atoms with Crippen molar-refractivity contribution in [1.82, 2.24) is 4.98 Å². The smallest absolute Gasteiger partial charge is 0.303 e. The highest BCUT2D eigenvalue weighted by Crippen LogP contribution is 2.25. The molecule has 0 radical (unpaired) electrons. The maximum atomic E-state index is 11.1. The molecule has 102 valence electrons. The highest BCUT2D eigenvalue weighted by molar-refractivity contribution is 5.91. The predicted octanol–water partition coefficient (Wildman–Crippen LogP) is 0.872. The molecule has 1 fully saturated rings. The Morgan fingerprint density at radius 3 is 2.95 bits per heavy atom. The van der Waals surface area contributed by atoms with Crippen LogP contribution in [-0.2, 0) is 4.79 Å². The lowest BCUT2D eigenvalue weighted by Gasteiger charge is -2.17. The Hall–Kier alpha value is -2.11. The van der Waals surface area contributed by atoms with Crippen LogP contribution in [0.25, 0.3) is 0 Å². The van der Waals surface area contributed by atoms with Crippen LogP contribution in [0.5, 0.6) is 0 Å². The van der Waals surface area contributed by atoms with E-state index in [0.717, 1.165) is 25.3 Å². The maximum absolute atomic E-state index is 11.1. The van der Waals surface area contributed by atoms with Crippen LogP contribution < -0.4 is 10.6 Å². The fraction of sp³-hybridized carbons (Fsp3) is 0.462. The number of carboxylic acids is 1. The first-order chi connectivity index (χ1) is 9.06. The van der Waals surface area contributed by atoms with Gasteiger partial charge in [-0.15, -0.1) is 0 Å². The van der Waals surface area contributed by atoms with Gasteiger partial charge >= 0.3 is 5.97 Å². The quantitative estimate of drug-likeness (QED) is 0.821. The van der Waals surface area contributed by atoms with Gasteiger partial charge in [0.1, 0.15) is 11.5 Å². The lowest BCUT2D eigenvalue weighted by Crippen LogP contribution is -2.22. The van der Waals surface area contributed by atoms with Crippen molar-refractivity contribution in [2.75, 3.05) is 18.0 Å². The molecule has 0 spiro atoms. The molecule has 19 heavy (non-hydrogen) atoms. The highest BCUT2D eigenvalue weighted by atomic mass is 16.4. The highest BCUT2D eigenvalue weighted by Gasteiger charge is 2.24. The van der Waals surface area contributed by atoms with Gasteiger partial charge in [0.25, 0.3) is 5.91 Å². The van der Waals surface area contributed by atoms with E-state index in [1.54, 1.807) is 12.1 Å². The van der Waals surface area contributed by atoms with Gasteiger partial charge in [0, 0.05) is 19.5 Å². The lowest BCUT2D eigenvalue weighted by molar-refractivity contribution is -0.137. The van der Waals surface area contributed by atoms with E-state index in [1.165, 1.54) is 0 Å². The summed E-state index contributed by atoms with van der Waals surface area (Å²) in [7, 11) is 0. The SMILES string of the molecule is NC(=O)c1cccc(N2CCC(CCC(=O)O)C2)n1. The number of primary amides is 1. The van der Waals surface area contributed by atoms with Crippen molar-refractivity contribution in [1.29, 1.82) is 0 Å². The second kappa shape index (κ2) is 5.69. The molecule has 0 bridgehead atoms. The Bertz CT molecular complexity index is 490. The van der Waals surface area contributed by atoms with E-state index in [-0.39, 0.29) is 12.1 Å². The molecule has 1 amide bonds. The van der Waals surface area contributed by atoms with Crippen LogP contribution in [0.15, 0.2) is 18.2 Å². The summed E-state index contributed by atoms with van der Waals surface area (Å²) in [4.78, 5) is 27.9. The van der Waals surface area contributed by atoms with Crippen molar-refractivity contribution in [3.8, 4) is 0 Å². The largest absolute Gasteiger partial charge is 0.481 e. The second-order valence-electron chi connectivity index (χ2n) is 4.78. The van der Waals surface area contributed by atoms with Crippen molar-refractivity contribution >= 4 is 17.7 Å². The number of hydrogen-bond donors (Lipinski definition) is 2. The lowest BCUT2D eigenvalue weighted by atomic mass is 10.0. The van der Waals surface area contributed by atoms with Gasteiger partial charge in [0.15, 0.2) is 0 Å². The number of aliphatic carboxylic acids is 1.